The summed E-state index contributed by atoms with van der Waals surface area (Å²) in [5.41, 5.74) is 10.2. The van der Waals surface area contributed by atoms with E-state index in [0.29, 0.717) is 17.9 Å². The number of nitrogens with two attached hydrogens (primary N) is 1. The van der Waals surface area contributed by atoms with Crippen LogP contribution in [0.2, 0.25) is 0 Å². The van der Waals surface area contributed by atoms with Crippen LogP contribution in [-0.4, -0.2) is 33.6 Å². The van der Waals surface area contributed by atoms with Crippen molar-refractivity contribution in [2.24, 2.45) is 4.99 Å². The van der Waals surface area contributed by atoms with Gasteiger partial charge >= 0.3 is 5.97 Å². The van der Waals surface area contributed by atoms with Crippen LogP contribution in [0.25, 0.3) is 17.0 Å². The van der Waals surface area contributed by atoms with E-state index in [2.05, 4.69) is 10.1 Å². The number of aliphatic imine (C=N–C) groups is 1. The highest BCUT2D eigenvalue weighted by atomic mass is 16.4. The number of carboxylic acid groups (broad SMARTS) is 1. The van der Waals surface area contributed by atoms with Gasteiger partial charge in [0.2, 0.25) is 0 Å². The third-order valence-electron chi connectivity index (χ3n) is 3.54. The molecule has 0 radical (unpaired) electrons. The molecule has 1 aliphatic heterocycles. The summed E-state index contributed by atoms with van der Waals surface area (Å²) in [5, 5.41) is 13.5. The molecular weight excluding hydrogens is 292 g/mol. The minimum atomic E-state index is -1.01. The predicted octanol–water partition coefficient (Wildman–Crippen LogP) is 2.38. The molecule has 0 saturated heterocycles. The summed E-state index contributed by atoms with van der Waals surface area (Å²) in [6, 6.07) is 7.91. The van der Waals surface area contributed by atoms with Gasteiger partial charge in [0.25, 0.3) is 0 Å². The number of nitrogen functional groups attached to an aromatic ring is 1. The molecule has 116 valence electrons. The van der Waals surface area contributed by atoms with Gasteiger partial charge in [0, 0.05) is 11.8 Å². The number of benzene rings is 1. The number of hydrogen-bond acceptors (Lipinski definition) is 4. The fraction of sp³-hybridized carbons (Fsp3) is 0.118. The molecule has 0 amide bonds. The number of carbonyl (C=O) groups is 1. The van der Waals surface area contributed by atoms with Gasteiger partial charge in [-0.1, -0.05) is 23.8 Å². The fourth-order valence-electron chi connectivity index (χ4n) is 2.47. The maximum atomic E-state index is 11.3. The minimum Gasteiger partial charge on any atom is -0.478 e. The van der Waals surface area contributed by atoms with Gasteiger partial charge in [0.1, 0.15) is 0 Å². The van der Waals surface area contributed by atoms with Gasteiger partial charge in [-0.15, -0.1) is 0 Å². The lowest BCUT2D eigenvalue weighted by Gasteiger charge is -2.11. The number of carboxylic acids is 1. The summed E-state index contributed by atoms with van der Waals surface area (Å²) in [7, 11) is 0. The largest absolute Gasteiger partial charge is 0.478 e. The fourth-order valence-corrected chi connectivity index (χ4v) is 2.47. The zero-order valence-electron chi connectivity index (χ0n) is 12.6. The van der Waals surface area contributed by atoms with Gasteiger partial charge in [-0.2, -0.15) is 5.10 Å². The Morgan fingerprint density at radius 1 is 1.39 bits per heavy atom. The second kappa shape index (κ2) is 5.92. The minimum absolute atomic E-state index is 0.158. The van der Waals surface area contributed by atoms with Crippen LogP contribution in [-0.2, 0) is 4.79 Å². The molecule has 1 aromatic heterocycles. The quantitative estimate of drug-likeness (QED) is 0.910. The average molecular weight is 308 g/mol. The smallest absolute Gasteiger partial charge is 0.335 e. The Bertz CT molecular complexity index is 859. The number of hydrogen-bond donors (Lipinski definition) is 2. The molecule has 0 saturated carbocycles. The Kier molecular flexibility index (Phi) is 3.80. The molecule has 6 nitrogen and oxygen atoms in total. The van der Waals surface area contributed by atoms with Crippen LogP contribution in [0.5, 0.6) is 0 Å². The first-order valence-electron chi connectivity index (χ1n) is 7.11. The maximum Gasteiger partial charge on any atom is 0.335 e. The van der Waals surface area contributed by atoms with E-state index in [1.54, 1.807) is 17.0 Å². The normalized spacial score (nSPS) is 14.1. The lowest BCUT2D eigenvalue weighted by molar-refractivity contribution is -0.132. The van der Waals surface area contributed by atoms with Gasteiger partial charge in [0.15, 0.2) is 0 Å². The molecular formula is C17H16N4O2. The molecule has 23 heavy (non-hydrogen) atoms. The zero-order valence-corrected chi connectivity index (χ0v) is 12.6. The third-order valence-corrected chi connectivity index (χ3v) is 3.54. The van der Waals surface area contributed by atoms with Crippen LogP contribution in [0.15, 0.2) is 53.2 Å². The lowest BCUT2D eigenvalue weighted by Crippen LogP contribution is -2.07. The highest BCUT2D eigenvalue weighted by molar-refractivity contribution is 5.97. The third kappa shape index (κ3) is 2.91. The molecule has 1 aromatic carbocycles. The second-order valence-corrected chi connectivity index (χ2v) is 5.28. The van der Waals surface area contributed by atoms with E-state index in [1.807, 2.05) is 31.2 Å². The first-order chi connectivity index (χ1) is 11.1. The summed E-state index contributed by atoms with van der Waals surface area (Å²) in [4.78, 5) is 15.4. The van der Waals surface area contributed by atoms with Gasteiger partial charge in [-0.25, -0.2) is 9.48 Å². The number of anilines is 1. The summed E-state index contributed by atoms with van der Waals surface area (Å²) in [6.07, 6.45) is 6.10. The average Bonchev–Trinajstić information content (AvgIpc) is 2.74. The first-order valence-corrected chi connectivity index (χ1v) is 7.11. The molecule has 2 heterocycles. The number of rotatable bonds is 3. The van der Waals surface area contributed by atoms with E-state index < -0.39 is 5.97 Å². The van der Waals surface area contributed by atoms with Crippen LogP contribution in [0.1, 0.15) is 5.56 Å². The summed E-state index contributed by atoms with van der Waals surface area (Å²) < 4.78 is 1.66. The zero-order chi connectivity index (χ0) is 16.4. The van der Waals surface area contributed by atoms with Crippen molar-refractivity contribution in [3.05, 3.63) is 53.8 Å². The summed E-state index contributed by atoms with van der Waals surface area (Å²) in [6.45, 7) is 2.33. The number of allylic oxidation sites excluding steroid dienone is 1. The molecule has 0 aliphatic carbocycles. The van der Waals surface area contributed by atoms with Crippen LogP contribution in [0.3, 0.4) is 0 Å². The SMILES string of the molecule is Cc1cccc(-c2c(N)cnn2C2=CC(C(=O)O)=CC=NC2)c1. The highest BCUT2D eigenvalue weighted by Crippen LogP contribution is 2.29. The first kappa shape index (κ1) is 14.8. The Morgan fingerprint density at radius 3 is 2.96 bits per heavy atom. The molecule has 6 heteroatoms. The van der Waals surface area contributed by atoms with Crippen molar-refractivity contribution in [3.8, 4) is 11.3 Å². The van der Waals surface area contributed by atoms with Crippen LogP contribution in [0, 0.1) is 6.92 Å². The molecule has 0 atom stereocenters. The molecule has 1 aliphatic rings. The van der Waals surface area contributed by atoms with Crippen LogP contribution >= 0.6 is 0 Å². The molecule has 0 fully saturated rings. The Hall–Kier alpha value is -3.15. The Balaban J connectivity index is 2.13. The van der Waals surface area contributed by atoms with E-state index in [-0.39, 0.29) is 5.57 Å². The van der Waals surface area contributed by atoms with E-state index in [9.17, 15) is 9.90 Å². The van der Waals surface area contributed by atoms with Crippen molar-refractivity contribution in [3.63, 3.8) is 0 Å². The van der Waals surface area contributed by atoms with Gasteiger partial charge in [0.05, 0.1) is 35.4 Å². The summed E-state index contributed by atoms with van der Waals surface area (Å²) >= 11 is 0. The lowest BCUT2D eigenvalue weighted by atomic mass is 10.1. The van der Waals surface area contributed by atoms with Crippen molar-refractivity contribution in [1.82, 2.24) is 9.78 Å². The standard InChI is InChI=1S/C17H16N4O2/c1-11-3-2-4-12(7-11)16-15(18)10-20-21(16)14-8-13(17(22)23)5-6-19-9-14/h2-8,10H,9,18H2,1H3,(H,22,23). The number of aromatic nitrogens is 2. The molecule has 0 unspecified atom stereocenters. The van der Waals surface area contributed by atoms with Gasteiger partial charge in [-0.3, -0.25) is 4.99 Å². The monoisotopic (exact) mass is 308 g/mol. The molecule has 2 aromatic rings. The number of aliphatic carboxylic acids is 1. The van der Waals surface area contributed by atoms with Crippen molar-refractivity contribution in [2.45, 2.75) is 6.92 Å². The van der Waals surface area contributed by atoms with Gasteiger partial charge < -0.3 is 10.8 Å². The van der Waals surface area contributed by atoms with E-state index >= 15 is 0 Å². The second-order valence-electron chi connectivity index (χ2n) is 5.28. The van der Waals surface area contributed by atoms with Gasteiger partial charge in [-0.05, 0) is 25.1 Å². The molecule has 3 N–H and O–H groups in total. The Labute approximate surface area is 133 Å². The van der Waals surface area contributed by atoms with Crippen LogP contribution < -0.4 is 5.73 Å². The molecule has 0 bridgehead atoms. The van der Waals surface area contributed by atoms with E-state index in [4.69, 9.17) is 5.73 Å². The van der Waals surface area contributed by atoms with Crippen molar-refractivity contribution in [2.75, 3.05) is 12.3 Å². The highest BCUT2D eigenvalue weighted by Gasteiger charge is 2.16. The van der Waals surface area contributed by atoms with Crippen molar-refractivity contribution in [1.29, 1.82) is 0 Å². The summed E-state index contributed by atoms with van der Waals surface area (Å²) in [5.74, 6) is -1.01. The number of aryl methyl sites for hydroxylation is 1. The van der Waals surface area contributed by atoms with E-state index in [1.165, 1.54) is 12.3 Å². The van der Waals surface area contributed by atoms with Crippen molar-refractivity contribution < 1.29 is 9.90 Å². The topological polar surface area (TPSA) is 93.5 Å². The molecule has 3 rings (SSSR count). The predicted molar refractivity (Wildman–Crippen MR) is 90.2 cm³/mol. The van der Waals surface area contributed by atoms with Crippen LogP contribution in [0.4, 0.5) is 5.69 Å². The molecule has 0 spiro atoms. The number of nitrogens with zero attached hydrogens (tertiary/aromatic N) is 3. The van der Waals surface area contributed by atoms with Crippen molar-refractivity contribution >= 4 is 23.6 Å². The van der Waals surface area contributed by atoms with E-state index in [0.717, 1.165) is 16.8 Å². The Morgan fingerprint density at radius 2 is 2.22 bits per heavy atom. The maximum absolute atomic E-state index is 11.3.